The Balaban J connectivity index is 1.73. The minimum Gasteiger partial charge on any atom is -0.492 e. The molecule has 1 saturated heterocycles. The quantitative estimate of drug-likeness (QED) is 0.815. The Morgan fingerprint density at radius 3 is 3.11 bits per heavy atom. The van der Waals surface area contributed by atoms with E-state index < -0.39 is 6.17 Å². The maximum atomic E-state index is 13.0. The zero-order chi connectivity index (χ0) is 13.5. The predicted octanol–water partition coefficient (Wildman–Crippen LogP) is 1.87. The van der Waals surface area contributed by atoms with Crippen LogP contribution in [0.25, 0.3) is 0 Å². The summed E-state index contributed by atoms with van der Waals surface area (Å²) in [5, 5.41) is 3.14. The maximum absolute atomic E-state index is 13.0. The van der Waals surface area contributed by atoms with Gasteiger partial charge in [0, 0.05) is 19.6 Å². The van der Waals surface area contributed by atoms with E-state index in [4.69, 9.17) is 4.74 Å². The highest BCUT2D eigenvalue weighted by atomic mass is 19.1. The van der Waals surface area contributed by atoms with Crippen LogP contribution in [0, 0.1) is 0 Å². The van der Waals surface area contributed by atoms with Crippen LogP contribution in [0.15, 0.2) is 24.3 Å². The number of likely N-dealkylation sites (tertiary alicyclic amines) is 1. The first-order chi connectivity index (χ1) is 9.28. The number of ether oxygens (including phenoxy) is 1. The Morgan fingerprint density at radius 2 is 2.37 bits per heavy atom. The lowest BCUT2D eigenvalue weighted by Crippen LogP contribution is -2.26. The number of benzene rings is 1. The Kier molecular flexibility index (Phi) is 5.61. The second-order valence-corrected chi connectivity index (χ2v) is 5.04. The normalized spacial score (nSPS) is 19.8. The molecular weight excluding hydrogens is 243 g/mol. The monoisotopic (exact) mass is 266 g/mol. The largest absolute Gasteiger partial charge is 0.492 e. The van der Waals surface area contributed by atoms with E-state index in [1.54, 1.807) is 0 Å². The van der Waals surface area contributed by atoms with E-state index in [1.165, 1.54) is 5.56 Å². The van der Waals surface area contributed by atoms with E-state index in [0.717, 1.165) is 31.8 Å². The zero-order valence-electron chi connectivity index (χ0n) is 11.6. The molecule has 3 nitrogen and oxygen atoms in total. The first-order valence-corrected chi connectivity index (χ1v) is 7.00. The highest BCUT2D eigenvalue weighted by Crippen LogP contribution is 2.15. The molecule has 0 aliphatic carbocycles. The fourth-order valence-electron chi connectivity index (χ4n) is 2.34. The van der Waals surface area contributed by atoms with Crippen molar-refractivity contribution >= 4 is 0 Å². The molecule has 0 unspecified atom stereocenters. The molecule has 1 heterocycles. The van der Waals surface area contributed by atoms with Gasteiger partial charge in [0.05, 0.1) is 0 Å². The Morgan fingerprint density at radius 1 is 1.47 bits per heavy atom. The summed E-state index contributed by atoms with van der Waals surface area (Å²) in [6.07, 6.45) is 1.02. The van der Waals surface area contributed by atoms with E-state index in [-0.39, 0.29) is 0 Å². The lowest BCUT2D eigenvalue weighted by Gasteiger charge is -2.15. The predicted molar refractivity (Wildman–Crippen MR) is 75.5 cm³/mol. The summed E-state index contributed by atoms with van der Waals surface area (Å²) in [5.41, 5.74) is 1.27. The molecule has 19 heavy (non-hydrogen) atoms. The molecule has 1 aliphatic rings. The third-order valence-corrected chi connectivity index (χ3v) is 3.45. The maximum Gasteiger partial charge on any atom is 0.119 e. The highest BCUT2D eigenvalue weighted by Gasteiger charge is 2.20. The average molecular weight is 266 g/mol. The molecule has 1 N–H and O–H groups in total. The van der Waals surface area contributed by atoms with Crippen LogP contribution in [-0.4, -0.2) is 50.9 Å². The van der Waals surface area contributed by atoms with Gasteiger partial charge < -0.3 is 10.1 Å². The summed E-state index contributed by atoms with van der Waals surface area (Å²) < 4.78 is 18.7. The van der Waals surface area contributed by atoms with Crippen LogP contribution in [0.5, 0.6) is 5.75 Å². The molecule has 0 bridgehead atoms. The number of nitrogens with zero attached hydrogens (tertiary/aromatic N) is 1. The van der Waals surface area contributed by atoms with E-state index in [1.807, 2.05) is 19.2 Å². The molecule has 106 valence electrons. The molecule has 1 fully saturated rings. The van der Waals surface area contributed by atoms with E-state index >= 15 is 0 Å². The van der Waals surface area contributed by atoms with Crippen molar-refractivity contribution in [2.75, 3.05) is 39.8 Å². The second kappa shape index (κ2) is 7.46. The molecule has 0 spiro atoms. The van der Waals surface area contributed by atoms with Crippen molar-refractivity contribution in [2.45, 2.75) is 19.0 Å². The molecule has 2 rings (SSSR count). The number of likely N-dealkylation sites (N-methyl/N-ethyl adjacent to an activating group) is 1. The SMILES string of the molecule is CNCCc1cccc(OCCN2CC[C@H](F)C2)c1. The van der Waals surface area contributed by atoms with Crippen molar-refractivity contribution in [3.8, 4) is 5.75 Å². The molecule has 1 aliphatic heterocycles. The van der Waals surface area contributed by atoms with Gasteiger partial charge in [0.25, 0.3) is 0 Å². The molecule has 0 saturated carbocycles. The summed E-state index contributed by atoms with van der Waals surface area (Å²) in [4.78, 5) is 2.12. The van der Waals surface area contributed by atoms with Crippen molar-refractivity contribution in [3.63, 3.8) is 0 Å². The summed E-state index contributed by atoms with van der Waals surface area (Å²) >= 11 is 0. The fraction of sp³-hybridized carbons (Fsp3) is 0.600. The van der Waals surface area contributed by atoms with Gasteiger partial charge in [0.15, 0.2) is 0 Å². The number of halogens is 1. The van der Waals surface area contributed by atoms with Gasteiger partial charge in [-0.1, -0.05) is 12.1 Å². The van der Waals surface area contributed by atoms with Crippen molar-refractivity contribution in [2.24, 2.45) is 0 Å². The smallest absolute Gasteiger partial charge is 0.119 e. The first kappa shape index (κ1) is 14.3. The van der Waals surface area contributed by atoms with Gasteiger partial charge in [-0.15, -0.1) is 0 Å². The van der Waals surface area contributed by atoms with Crippen LogP contribution < -0.4 is 10.1 Å². The van der Waals surface area contributed by atoms with Crippen molar-refractivity contribution in [1.82, 2.24) is 10.2 Å². The standard InChI is InChI=1S/C15H23FN2O/c1-17-7-5-13-3-2-4-15(11-13)19-10-9-18-8-6-14(16)12-18/h2-4,11,14,17H,5-10,12H2,1H3/t14-/m0/s1. The van der Waals surface area contributed by atoms with Crippen LogP contribution in [0.3, 0.4) is 0 Å². The van der Waals surface area contributed by atoms with E-state index in [9.17, 15) is 4.39 Å². The Labute approximate surface area is 114 Å². The van der Waals surface area contributed by atoms with Crippen LogP contribution in [0.2, 0.25) is 0 Å². The van der Waals surface area contributed by atoms with Gasteiger partial charge in [0.1, 0.15) is 18.5 Å². The minimum atomic E-state index is -0.648. The Bertz CT molecular complexity index is 386. The van der Waals surface area contributed by atoms with Gasteiger partial charge in [-0.25, -0.2) is 4.39 Å². The minimum absolute atomic E-state index is 0.561. The third-order valence-electron chi connectivity index (χ3n) is 3.45. The number of hydrogen-bond donors (Lipinski definition) is 1. The number of hydrogen-bond acceptors (Lipinski definition) is 3. The van der Waals surface area contributed by atoms with Crippen LogP contribution >= 0.6 is 0 Å². The van der Waals surface area contributed by atoms with Gasteiger partial charge in [-0.05, 0) is 44.1 Å². The van der Waals surface area contributed by atoms with Crippen LogP contribution in [-0.2, 0) is 6.42 Å². The molecule has 4 heteroatoms. The second-order valence-electron chi connectivity index (χ2n) is 5.04. The lowest BCUT2D eigenvalue weighted by atomic mass is 10.1. The molecule has 1 aromatic rings. The fourth-order valence-corrected chi connectivity index (χ4v) is 2.34. The number of rotatable bonds is 7. The first-order valence-electron chi connectivity index (χ1n) is 7.00. The summed E-state index contributed by atoms with van der Waals surface area (Å²) in [6, 6.07) is 8.19. The number of nitrogens with one attached hydrogen (secondary N) is 1. The van der Waals surface area contributed by atoms with Crippen molar-refractivity contribution in [3.05, 3.63) is 29.8 Å². The Hall–Kier alpha value is -1.13. The van der Waals surface area contributed by atoms with Crippen molar-refractivity contribution in [1.29, 1.82) is 0 Å². The van der Waals surface area contributed by atoms with Crippen molar-refractivity contribution < 1.29 is 9.13 Å². The lowest BCUT2D eigenvalue weighted by molar-refractivity contribution is 0.224. The average Bonchev–Trinajstić information content (AvgIpc) is 2.83. The van der Waals surface area contributed by atoms with Crippen LogP contribution in [0.1, 0.15) is 12.0 Å². The molecule has 1 aromatic carbocycles. The van der Waals surface area contributed by atoms with Gasteiger partial charge in [0.2, 0.25) is 0 Å². The molecule has 1 atom stereocenters. The van der Waals surface area contributed by atoms with Crippen LogP contribution in [0.4, 0.5) is 4.39 Å². The molecule has 0 aromatic heterocycles. The zero-order valence-corrected chi connectivity index (χ0v) is 11.6. The van der Waals surface area contributed by atoms with Gasteiger partial charge >= 0.3 is 0 Å². The summed E-state index contributed by atoms with van der Waals surface area (Å²) in [6.45, 7) is 3.82. The topological polar surface area (TPSA) is 24.5 Å². The third kappa shape index (κ3) is 4.80. The van der Waals surface area contributed by atoms with Gasteiger partial charge in [-0.3, -0.25) is 4.90 Å². The summed E-state index contributed by atoms with van der Waals surface area (Å²) in [5.74, 6) is 0.907. The molecular formula is C15H23FN2O. The van der Waals surface area contributed by atoms with Gasteiger partial charge in [-0.2, -0.15) is 0 Å². The van der Waals surface area contributed by atoms with E-state index in [2.05, 4.69) is 22.3 Å². The van der Waals surface area contributed by atoms with E-state index in [0.29, 0.717) is 19.6 Å². The number of alkyl halides is 1. The molecule has 0 radical (unpaired) electrons. The molecule has 0 amide bonds. The highest BCUT2D eigenvalue weighted by molar-refractivity contribution is 5.28. The summed E-state index contributed by atoms with van der Waals surface area (Å²) in [7, 11) is 1.95.